The van der Waals surface area contributed by atoms with Gasteiger partial charge in [-0.1, -0.05) is 30.3 Å². The lowest BCUT2D eigenvalue weighted by molar-refractivity contribution is -0.671. The second-order valence-electron chi connectivity index (χ2n) is 6.95. The number of para-hydroxylation sites is 2. The Bertz CT molecular complexity index is 1310. The number of aromatic nitrogens is 4. The van der Waals surface area contributed by atoms with Crippen molar-refractivity contribution < 1.29 is 8.98 Å². The summed E-state index contributed by atoms with van der Waals surface area (Å²) in [6, 6.07) is 17.2. The van der Waals surface area contributed by atoms with Crippen LogP contribution in [0.25, 0.3) is 21.9 Å². The quantitative estimate of drug-likeness (QED) is 0.456. The number of aryl methyl sites for hydroxylation is 1. The molecular formula is C22H19N4O2+. The average molecular weight is 371 g/mol. The fourth-order valence-electron chi connectivity index (χ4n) is 3.57. The number of hydrogen-bond donors (Lipinski definition) is 0. The Hall–Kier alpha value is -3.67. The van der Waals surface area contributed by atoms with Crippen LogP contribution in [0.3, 0.4) is 0 Å². The van der Waals surface area contributed by atoms with Gasteiger partial charge in [0.1, 0.15) is 18.0 Å². The molecule has 1 atom stereocenters. The molecule has 0 saturated carbocycles. The first-order chi connectivity index (χ1) is 13.7. The zero-order valence-corrected chi connectivity index (χ0v) is 15.4. The van der Waals surface area contributed by atoms with E-state index in [1.165, 1.54) is 0 Å². The smallest absolute Gasteiger partial charge is 0.261 e. The fourth-order valence-corrected chi connectivity index (χ4v) is 3.57. The molecule has 6 heteroatoms. The summed E-state index contributed by atoms with van der Waals surface area (Å²) in [7, 11) is 1.97. The predicted molar refractivity (Wildman–Crippen MR) is 106 cm³/mol. The Balaban J connectivity index is 1.63. The summed E-state index contributed by atoms with van der Waals surface area (Å²) >= 11 is 0. The maximum atomic E-state index is 13.0. The van der Waals surface area contributed by atoms with Crippen molar-refractivity contribution in [1.29, 1.82) is 0 Å². The van der Waals surface area contributed by atoms with Crippen molar-refractivity contribution in [3.05, 3.63) is 95.8 Å². The van der Waals surface area contributed by atoms with E-state index in [4.69, 9.17) is 4.42 Å². The Labute approximate surface area is 160 Å². The molecule has 0 bridgehead atoms. The number of nitrogens with zero attached hydrogens (tertiary/aromatic N) is 4. The van der Waals surface area contributed by atoms with Crippen LogP contribution in [0.4, 0.5) is 0 Å². The normalized spacial score (nSPS) is 12.6. The third-order valence-electron chi connectivity index (χ3n) is 5.02. The molecule has 3 heterocycles. The molecule has 0 spiro atoms. The van der Waals surface area contributed by atoms with Gasteiger partial charge in [-0.25, -0.2) is 14.1 Å². The second kappa shape index (κ2) is 6.49. The SMILES string of the molecule is C[n+]1ccn(C(Cn2cnc3ccccc3c2=O)c2cc3ccccc3o2)c1. The van der Waals surface area contributed by atoms with Crippen molar-refractivity contribution in [2.45, 2.75) is 12.6 Å². The second-order valence-corrected chi connectivity index (χ2v) is 6.95. The number of benzene rings is 2. The number of furan rings is 1. The number of imidazole rings is 1. The van der Waals surface area contributed by atoms with Crippen molar-refractivity contribution >= 4 is 21.9 Å². The topological polar surface area (TPSA) is 56.8 Å². The summed E-state index contributed by atoms with van der Waals surface area (Å²) in [4.78, 5) is 17.4. The Morgan fingerprint density at radius 3 is 2.79 bits per heavy atom. The lowest BCUT2D eigenvalue weighted by Gasteiger charge is -2.13. The maximum Gasteiger partial charge on any atom is 0.261 e. The molecule has 0 aliphatic rings. The highest BCUT2D eigenvalue weighted by atomic mass is 16.3. The Morgan fingerprint density at radius 2 is 1.96 bits per heavy atom. The van der Waals surface area contributed by atoms with Crippen LogP contribution >= 0.6 is 0 Å². The molecule has 0 saturated heterocycles. The molecule has 5 aromatic rings. The van der Waals surface area contributed by atoms with E-state index in [1.807, 2.05) is 84.9 Å². The van der Waals surface area contributed by atoms with Crippen LogP contribution in [0.2, 0.25) is 0 Å². The summed E-state index contributed by atoms with van der Waals surface area (Å²) in [5.41, 5.74) is 1.49. The zero-order chi connectivity index (χ0) is 19.1. The van der Waals surface area contributed by atoms with Crippen LogP contribution in [0.5, 0.6) is 0 Å². The largest absolute Gasteiger partial charge is 0.456 e. The van der Waals surface area contributed by atoms with Crippen LogP contribution in [0.15, 0.2) is 88.9 Å². The lowest BCUT2D eigenvalue weighted by atomic mass is 10.2. The minimum Gasteiger partial charge on any atom is -0.456 e. The van der Waals surface area contributed by atoms with Gasteiger partial charge in [-0.2, -0.15) is 0 Å². The molecular weight excluding hydrogens is 352 g/mol. The number of hydrogen-bond acceptors (Lipinski definition) is 3. The van der Waals surface area contributed by atoms with Gasteiger partial charge >= 0.3 is 0 Å². The van der Waals surface area contributed by atoms with Crippen molar-refractivity contribution in [2.75, 3.05) is 0 Å². The van der Waals surface area contributed by atoms with E-state index in [-0.39, 0.29) is 11.6 Å². The van der Waals surface area contributed by atoms with Crippen LogP contribution in [-0.4, -0.2) is 14.1 Å². The first-order valence-electron chi connectivity index (χ1n) is 9.14. The number of fused-ring (bicyclic) bond motifs is 2. The van der Waals surface area contributed by atoms with E-state index in [1.54, 1.807) is 10.9 Å². The molecule has 0 N–H and O–H groups in total. The third kappa shape index (κ3) is 2.79. The lowest BCUT2D eigenvalue weighted by Crippen LogP contribution is -2.28. The first kappa shape index (κ1) is 16.5. The minimum absolute atomic E-state index is 0.0526. The molecule has 0 aliphatic carbocycles. The van der Waals surface area contributed by atoms with Crippen molar-refractivity contribution in [3.8, 4) is 0 Å². The van der Waals surface area contributed by atoms with Gasteiger partial charge in [-0.05, 0) is 24.3 Å². The molecule has 5 rings (SSSR count). The van der Waals surface area contributed by atoms with E-state index in [0.29, 0.717) is 17.4 Å². The van der Waals surface area contributed by atoms with Crippen molar-refractivity contribution in [1.82, 2.24) is 14.1 Å². The van der Waals surface area contributed by atoms with Crippen LogP contribution in [0, 0.1) is 0 Å². The monoisotopic (exact) mass is 371 g/mol. The average Bonchev–Trinajstić information content (AvgIpc) is 3.34. The Kier molecular flexibility index (Phi) is 3.83. The van der Waals surface area contributed by atoms with Gasteiger partial charge in [0.15, 0.2) is 11.8 Å². The third-order valence-corrected chi connectivity index (χ3v) is 5.02. The summed E-state index contributed by atoms with van der Waals surface area (Å²) < 4.78 is 11.8. The minimum atomic E-state index is -0.172. The molecule has 2 aromatic carbocycles. The molecule has 138 valence electrons. The van der Waals surface area contributed by atoms with E-state index in [0.717, 1.165) is 16.7 Å². The van der Waals surface area contributed by atoms with Gasteiger partial charge < -0.3 is 4.42 Å². The highest BCUT2D eigenvalue weighted by molar-refractivity contribution is 5.78. The van der Waals surface area contributed by atoms with Crippen LogP contribution in [-0.2, 0) is 13.6 Å². The fraction of sp³-hybridized carbons (Fsp3) is 0.136. The number of rotatable bonds is 4. The highest BCUT2D eigenvalue weighted by Crippen LogP contribution is 2.27. The van der Waals surface area contributed by atoms with Gasteiger partial charge in [0.2, 0.25) is 6.33 Å². The van der Waals surface area contributed by atoms with Gasteiger partial charge in [0.25, 0.3) is 5.56 Å². The van der Waals surface area contributed by atoms with Gasteiger partial charge in [-0.3, -0.25) is 9.36 Å². The molecule has 0 amide bonds. The predicted octanol–water partition coefficient (Wildman–Crippen LogP) is 3.06. The van der Waals surface area contributed by atoms with Gasteiger partial charge in [-0.15, -0.1) is 0 Å². The summed E-state index contributed by atoms with van der Waals surface area (Å²) in [5, 5.41) is 1.66. The molecule has 0 aliphatic heterocycles. The molecule has 6 nitrogen and oxygen atoms in total. The molecule has 1 unspecified atom stereocenters. The summed E-state index contributed by atoms with van der Waals surface area (Å²) in [5.74, 6) is 0.803. The zero-order valence-electron chi connectivity index (χ0n) is 15.4. The van der Waals surface area contributed by atoms with Crippen molar-refractivity contribution in [3.63, 3.8) is 0 Å². The van der Waals surface area contributed by atoms with Gasteiger partial charge in [0.05, 0.1) is 30.8 Å². The summed E-state index contributed by atoms with van der Waals surface area (Å²) in [6.07, 6.45) is 7.55. The van der Waals surface area contributed by atoms with E-state index in [2.05, 4.69) is 9.55 Å². The first-order valence-corrected chi connectivity index (χ1v) is 9.14. The standard InChI is InChI=1S/C22H19N4O2/c1-24-10-11-25(15-24)19(21-12-16-6-2-5-9-20(16)28-21)13-26-14-23-18-8-4-3-7-17(18)22(26)27/h2-12,14-15,19H,13H2,1H3/q+1. The van der Waals surface area contributed by atoms with Crippen LogP contribution < -0.4 is 10.1 Å². The molecule has 28 heavy (non-hydrogen) atoms. The maximum absolute atomic E-state index is 13.0. The van der Waals surface area contributed by atoms with Gasteiger partial charge in [0, 0.05) is 5.39 Å². The van der Waals surface area contributed by atoms with E-state index >= 15 is 0 Å². The highest BCUT2D eigenvalue weighted by Gasteiger charge is 2.24. The molecule has 3 aromatic heterocycles. The van der Waals surface area contributed by atoms with E-state index < -0.39 is 0 Å². The van der Waals surface area contributed by atoms with Crippen LogP contribution in [0.1, 0.15) is 11.8 Å². The van der Waals surface area contributed by atoms with E-state index in [9.17, 15) is 4.79 Å². The molecule has 0 fully saturated rings. The van der Waals surface area contributed by atoms with Crippen molar-refractivity contribution in [2.24, 2.45) is 7.05 Å². The summed E-state index contributed by atoms with van der Waals surface area (Å²) in [6.45, 7) is 0.422. The Morgan fingerprint density at radius 1 is 1.14 bits per heavy atom. The molecule has 0 radical (unpaired) electrons.